The number of hydrogen-bond donors (Lipinski definition) is 2. The number of nitrogens with zero attached hydrogens (tertiary/aromatic N) is 4. The fourth-order valence-electron chi connectivity index (χ4n) is 3.45. The zero-order valence-corrected chi connectivity index (χ0v) is 21.7. The molecule has 0 saturated heterocycles. The lowest BCUT2D eigenvalue weighted by Gasteiger charge is -2.20. The average Bonchev–Trinajstić information content (AvgIpc) is 3.23. The van der Waals surface area contributed by atoms with Crippen LogP contribution in [0.2, 0.25) is 0 Å². The van der Waals surface area contributed by atoms with E-state index in [-0.39, 0.29) is 12.4 Å². The van der Waals surface area contributed by atoms with Gasteiger partial charge in [-0.2, -0.15) is 0 Å². The van der Waals surface area contributed by atoms with Crippen LogP contribution < -0.4 is 10.5 Å². The Labute approximate surface area is 204 Å². The van der Waals surface area contributed by atoms with Crippen LogP contribution >= 0.6 is 34.4 Å². The number of aromatic nitrogens is 4. The fourth-order valence-corrected chi connectivity index (χ4v) is 6.07. The van der Waals surface area contributed by atoms with E-state index in [9.17, 15) is 12.8 Å². The van der Waals surface area contributed by atoms with Crippen LogP contribution in [-0.2, 0) is 23.0 Å². The van der Waals surface area contributed by atoms with Crippen LogP contribution in [0.3, 0.4) is 0 Å². The molecule has 2 heterocycles. The Morgan fingerprint density at radius 3 is 2.81 bits per heavy atom. The van der Waals surface area contributed by atoms with Gasteiger partial charge in [0.05, 0.1) is 4.75 Å². The normalized spacial score (nSPS) is 16.6. The van der Waals surface area contributed by atoms with E-state index in [0.717, 1.165) is 26.0 Å². The highest BCUT2D eigenvalue weighted by atomic mass is 127. The molecule has 1 aliphatic carbocycles. The minimum atomic E-state index is -3.49. The van der Waals surface area contributed by atoms with E-state index in [1.807, 2.05) is 16.7 Å². The number of nitrogens with one attached hydrogen (secondary N) is 1. The second kappa shape index (κ2) is 8.69. The molecule has 32 heavy (non-hydrogen) atoms. The number of anilines is 1. The van der Waals surface area contributed by atoms with Crippen LogP contribution in [0, 0.1) is 3.57 Å². The van der Waals surface area contributed by atoms with Gasteiger partial charge in [-0.05, 0) is 79.5 Å². The molecule has 172 valence electrons. The smallest absolute Gasteiger partial charge is 0.216 e. The summed E-state index contributed by atoms with van der Waals surface area (Å²) in [5, 5.41) is 0.591. The van der Waals surface area contributed by atoms with E-state index in [4.69, 9.17) is 5.73 Å². The Bertz CT molecular complexity index is 1290. The number of sulfonamides is 1. The summed E-state index contributed by atoms with van der Waals surface area (Å²) in [7, 11) is -3.49. The standard InChI is InChI=1S/C20H24FIN6O2S2/c1-20(2,3)32(29,30)26-6-7-28-18-16(17(23)24-10-25-18)27-19(28)31-15-9-12-11(8-14(15)22)4-5-13(12)21/h8-10,13,26H,4-7H2,1-3H3,(H2,23,24,25). The first kappa shape index (κ1) is 23.6. The van der Waals surface area contributed by atoms with Gasteiger partial charge in [0.25, 0.3) is 0 Å². The van der Waals surface area contributed by atoms with Gasteiger partial charge in [0, 0.05) is 21.6 Å². The molecule has 8 nitrogen and oxygen atoms in total. The summed E-state index contributed by atoms with van der Waals surface area (Å²) < 4.78 is 43.7. The van der Waals surface area contributed by atoms with Gasteiger partial charge in [-0.1, -0.05) is 11.8 Å². The zero-order chi connectivity index (χ0) is 23.3. The number of alkyl halides is 1. The first-order chi connectivity index (χ1) is 15.0. The van der Waals surface area contributed by atoms with E-state index in [2.05, 4.69) is 42.3 Å². The summed E-state index contributed by atoms with van der Waals surface area (Å²) in [5.74, 6) is 0.248. The monoisotopic (exact) mass is 590 g/mol. The molecular formula is C20H24FIN6O2S2. The highest BCUT2D eigenvalue weighted by molar-refractivity contribution is 14.1. The van der Waals surface area contributed by atoms with Crippen molar-refractivity contribution in [3.63, 3.8) is 0 Å². The van der Waals surface area contributed by atoms with Gasteiger partial charge in [0.2, 0.25) is 10.0 Å². The third kappa shape index (κ3) is 4.46. The van der Waals surface area contributed by atoms with E-state index < -0.39 is 20.9 Å². The van der Waals surface area contributed by atoms with Crippen LogP contribution in [0.5, 0.6) is 0 Å². The molecule has 3 aromatic rings. The van der Waals surface area contributed by atoms with Crippen molar-refractivity contribution in [1.29, 1.82) is 0 Å². The molecule has 0 saturated carbocycles. The van der Waals surface area contributed by atoms with Crippen LogP contribution in [0.25, 0.3) is 11.2 Å². The first-order valence-corrected chi connectivity index (χ1v) is 13.5. The summed E-state index contributed by atoms with van der Waals surface area (Å²) in [4.78, 5) is 13.8. The van der Waals surface area contributed by atoms with Crippen molar-refractivity contribution >= 4 is 61.4 Å². The molecule has 0 spiro atoms. The van der Waals surface area contributed by atoms with Crippen LogP contribution in [-0.4, -0.2) is 39.2 Å². The number of fused-ring (bicyclic) bond motifs is 2. The third-order valence-electron chi connectivity index (χ3n) is 5.36. The van der Waals surface area contributed by atoms with Crippen LogP contribution in [0.1, 0.15) is 44.5 Å². The second-order valence-electron chi connectivity index (χ2n) is 8.58. The van der Waals surface area contributed by atoms with Crippen molar-refractivity contribution in [2.75, 3.05) is 12.3 Å². The molecule has 4 rings (SSSR count). The van der Waals surface area contributed by atoms with Gasteiger partial charge >= 0.3 is 0 Å². The van der Waals surface area contributed by atoms with Gasteiger partial charge in [-0.15, -0.1) is 0 Å². The van der Waals surface area contributed by atoms with E-state index in [0.29, 0.717) is 29.3 Å². The van der Waals surface area contributed by atoms with Gasteiger partial charge < -0.3 is 10.3 Å². The highest BCUT2D eigenvalue weighted by Crippen LogP contribution is 2.41. The maximum atomic E-state index is 14.3. The summed E-state index contributed by atoms with van der Waals surface area (Å²) in [6, 6.07) is 3.91. The predicted molar refractivity (Wildman–Crippen MR) is 132 cm³/mol. The molecule has 2 aromatic heterocycles. The molecule has 1 aliphatic rings. The van der Waals surface area contributed by atoms with Gasteiger partial charge in [0.1, 0.15) is 12.5 Å². The number of aryl methyl sites for hydroxylation is 1. The number of rotatable bonds is 6. The Morgan fingerprint density at radius 2 is 2.09 bits per heavy atom. The lowest BCUT2D eigenvalue weighted by molar-refractivity contribution is 0.343. The maximum Gasteiger partial charge on any atom is 0.216 e. The van der Waals surface area contributed by atoms with Crippen LogP contribution in [0.4, 0.5) is 10.2 Å². The average molecular weight is 590 g/mol. The first-order valence-electron chi connectivity index (χ1n) is 10.1. The molecule has 12 heteroatoms. The van der Waals surface area contributed by atoms with E-state index in [1.54, 1.807) is 20.8 Å². The minimum Gasteiger partial charge on any atom is -0.382 e. The summed E-state index contributed by atoms with van der Waals surface area (Å²) in [5.41, 5.74) is 8.76. The molecule has 3 N–H and O–H groups in total. The Balaban J connectivity index is 1.68. The Kier molecular flexibility index (Phi) is 6.42. The van der Waals surface area contributed by atoms with Crippen molar-refractivity contribution in [3.05, 3.63) is 33.2 Å². The molecule has 0 amide bonds. The van der Waals surface area contributed by atoms with Gasteiger partial charge in [-0.25, -0.2) is 32.5 Å². The summed E-state index contributed by atoms with van der Waals surface area (Å²) in [6.45, 7) is 5.40. The van der Waals surface area contributed by atoms with E-state index in [1.165, 1.54) is 18.1 Å². The number of benzene rings is 1. The number of nitrogen functional groups attached to an aromatic ring is 1. The molecular weight excluding hydrogens is 566 g/mol. The lowest BCUT2D eigenvalue weighted by Crippen LogP contribution is -2.40. The number of halogens is 2. The minimum absolute atomic E-state index is 0.163. The van der Waals surface area contributed by atoms with Crippen molar-refractivity contribution < 1.29 is 12.8 Å². The number of hydrogen-bond acceptors (Lipinski definition) is 7. The molecule has 1 unspecified atom stereocenters. The molecule has 0 bridgehead atoms. The van der Waals surface area contributed by atoms with Crippen molar-refractivity contribution in [2.45, 2.75) is 61.1 Å². The van der Waals surface area contributed by atoms with Gasteiger partial charge in [0.15, 0.2) is 22.1 Å². The predicted octanol–water partition coefficient (Wildman–Crippen LogP) is 3.84. The quantitative estimate of drug-likeness (QED) is 0.420. The van der Waals surface area contributed by atoms with E-state index >= 15 is 0 Å². The highest BCUT2D eigenvalue weighted by Gasteiger charge is 2.29. The largest absolute Gasteiger partial charge is 0.382 e. The topological polar surface area (TPSA) is 116 Å². The molecule has 1 aromatic carbocycles. The lowest BCUT2D eigenvalue weighted by atomic mass is 10.1. The van der Waals surface area contributed by atoms with Crippen LogP contribution in [0.15, 0.2) is 28.5 Å². The molecule has 0 aliphatic heterocycles. The third-order valence-corrected chi connectivity index (χ3v) is 9.87. The molecule has 0 radical (unpaired) electrons. The van der Waals surface area contributed by atoms with Crippen molar-refractivity contribution in [2.24, 2.45) is 0 Å². The van der Waals surface area contributed by atoms with Crippen molar-refractivity contribution in [3.8, 4) is 0 Å². The second-order valence-corrected chi connectivity index (χ2v) is 13.3. The maximum absolute atomic E-state index is 14.3. The SMILES string of the molecule is CC(C)(C)S(=O)(=O)NCCn1c(Sc2cc3c(cc2I)CCC3F)nc2c(N)ncnc21. The summed E-state index contributed by atoms with van der Waals surface area (Å²) in [6.07, 6.45) is 1.67. The number of nitrogens with two attached hydrogens (primary N) is 1. The zero-order valence-electron chi connectivity index (χ0n) is 17.9. The molecule has 0 fully saturated rings. The van der Waals surface area contributed by atoms with Crippen molar-refractivity contribution in [1.82, 2.24) is 24.2 Å². The van der Waals surface area contributed by atoms with Gasteiger partial charge in [-0.3, -0.25) is 0 Å². The Hall–Kier alpha value is -1.51. The summed E-state index contributed by atoms with van der Waals surface area (Å²) >= 11 is 3.63. The Morgan fingerprint density at radius 1 is 1.34 bits per heavy atom. The molecule has 1 atom stereocenters. The fraction of sp³-hybridized carbons (Fsp3) is 0.450. The number of imidazole rings is 1.